The number of unbranched alkanes of at least 4 members (excludes halogenated alkanes) is 4. The molecule has 0 aromatic rings. The minimum atomic E-state index is 0.293. The molecule has 20 heavy (non-hydrogen) atoms. The lowest BCUT2D eigenvalue weighted by molar-refractivity contribution is 0.118. The summed E-state index contributed by atoms with van der Waals surface area (Å²) in [6.45, 7) is 12.7. The molecule has 0 aliphatic carbocycles. The van der Waals surface area contributed by atoms with Gasteiger partial charge in [0, 0.05) is 24.5 Å². The van der Waals surface area contributed by atoms with E-state index in [1.165, 1.54) is 51.7 Å². The number of nitrogens with zero attached hydrogens (tertiary/aromatic N) is 2. The molecule has 1 saturated heterocycles. The molecule has 0 saturated carbocycles. The molecule has 0 radical (unpaired) electrons. The average Bonchev–Trinajstić information content (AvgIpc) is 2.84. The van der Waals surface area contributed by atoms with Gasteiger partial charge >= 0.3 is 0 Å². The Bertz CT molecular complexity index is 319. The van der Waals surface area contributed by atoms with E-state index in [-0.39, 0.29) is 0 Å². The molecular weight excluding hydrogens is 244 g/mol. The molecule has 0 aromatic carbocycles. The lowest BCUT2D eigenvalue weighted by Crippen LogP contribution is -2.46. The Labute approximate surface area is 126 Å². The SMILES string of the molecule is CC#CCCCCCCN1CCC(N(C)C(C)(C)C)C1. The highest BCUT2D eigenvalue weighted by Gasteiger charge is 2.30. The van der Waals surface area contributed by atoms with E-state index in [0.717, 1.165) is 12.5 Å². The lowest BCUT2D eigenvalue weighted by Gasteiger charge is -2.37. The Morgan fingerprint density at radius 3 is 2.50 bits per heavy atom. The summed E-state index contributed by atoms with van der Waals surface area (Å²) < 4.78 is 0. The third kappa shape index (κ3) is 6.29. The molecule has 0 N–H and O–H groups in total. The van der Waals surface area contributed by atoms with E-state index in [4.69, 9.17) is 0 Å². The zero-order valence-electron chi connectivity index (χ0n) is 14.3. The van der Waals surface area contributed by atoms with Crippen LogP contribution < -0.4 is 0 Å². The zero-order chi connectivity index (χ0) is 15.0. The number of rotatable bonds is 7. The molecule has 2 nitrogen and oxygen atoms in total. The van der Waals surface area contributed by atoms with E-state index in [2.05, 4.69) is 49.5 Å². The van der Waals surface area contributed by atoms with Gasteiger partial charge in [-0.15, -0.1) is 11.8 Å². The van der Waals surface area contributed by atoms with Crippen molar-refractivity contribution in [1.29, 1.82) is 0 Å². The summed E-state index contributed by atoms with van der Waals surface area (Å²) in [4.78, 5) is 5.20. The van der Waals surface area contributed by atoms with Crippen LogP contribution in [0.4, 0.5) is 0 Å². The largest absolute Gasteiger partial charge is 0.302 e. The maximum atomic E-state index is 3.15. The minimum absolute atomic E-state index is 0.293. The fourth-order valence-corrected chi connectivity index (χ4v) is 2.91. The van der Waals surface area contributed by atoms with Crippen molar-refractivity contribution >= 4 is 0 Å². The van der Waals surface area contributed by atoms with Crippen LogP contribution in [0.2, 0.25) is 0 Å². The maximum absolute atomic E-state index is 3.15. The van der Waals surface area contributed by atoms with Gasteiger partial charge in [-0.25, -0.2) is 0 Å². The fourth-order valence-electron chi connectivity index (χ4n) is 2.91. The molecule has 1 rings (SSSR count). The van der Waals surface area contributed by atoms with Gasteiger partial charge in [-0.05, 0) is 67.1 Å². The first kappa shape index (κ1) is 17.5. The van der Waals surface area contributed by atoms with Gasteiger partial charge in [0.1, 0.15) is 0 Å². The van der Waals surface area contributed by atoms with Gasteiger partial charge in [0.2, 0.25) is 0 Å². The predicted molar refractivity (Wildman–Crippen MR) is 88.9 cm³/mol. The van der Waals surface area contributed by atoms with Crippen molar-refractivity contribution in [1.82, 2.24) is 9.80 Å². The molecule has 0 bridgehead atoms. The van der Waals surface area contributed by atoms with Gasteiger partial charge in [0.05, 0.1) is 0 Å². The third-order valence-corrected chi connectivity index (χ3v) is 4.56. The first-order valence-electron chi connectivity index (χ1n) is 8.30. The van der Waals surface area contributed by atoms with Gasteiger partial charge in [0.15, 0.2) is 0 Å². The second kappa shape index (κ2) is 8.70. The fraction of sp³-hybridized carbons (Fsp3) is 0.889. The summed E-state index contributed by atoms with van der Waals surface area (Å²) in [5.41, 5.74) is 0.293. The Hall–Kier alpha value is -0.520. The second-order valence-electron chi connectivity index (χ2n) is 7.12. The van der Waals surface area contributed by atoms with E-state index in [1.807, 2.05) is 6.92 Å². The number of likely N-dealkylation sites (tertiary alicyclic amines) is 1. The molecule has 1 fully saturated rings. The van der Waals surface area contributed by atoms with Crippen LogP contribution in [-0.2, 0) is 0 Å². The van der Waals surface area contributed by atoms with Gasteiger partial charge in [0.25, 0.3) is 0 Å². The molecule has 1 unspecified atom stereocenters. The van der Waals surface area contributed by atoms with E-state index in [9.17, 15) is 0 Å². The van der Waals surface area contributed by atoms with Crippen LogP contribution in [0.25, 0.3) is 0 Å². The predicted octanol–water partition coefficient (Wildman–Crippen LogP) is 3.76. The highest BCUT2D eigenvalue weighted by Crippen LogP contribution is 2.22. The summed E-state index contributed by atoms with van der Waals surface area (Å²) in [5.74, 6) is 6.11. The highest BCUT2D eigenvalue weighted by atomic mass is 15.3. The van der Waals surface area contributed by atoms with Gasteiger partial charge in [-0.2, -0.15) is 0 Å². The summed E-state index contributed by atoms with van der Waals surface area (Å²) in [7, 11) is 2.28. The monoisotopic (exact) mass is 278 g/mol. The van der Waals surface area contributed by atoms with Crippen LogP contribution in [0, 0.1) is 11.8 Å². The van der Waals surface area contributed by atoms with Crippen molar-refractivity contribution in [3.8, 4) is 11.8 Å². The van der Waals surface area contributed by atoms with Crippen molar-refractivity contribution < 1.29 is 0 Å². The third-order valence-electron chi connectivity index (χ3n) is 4.56. The number of hydrogen-bond acceptors (Lipinski definition) is 2. The van der Waals surface area contributed by atoms with Gasteiger partial charge in [-0.3, -0.25) is 4.90 Å². The molecule has 1 aliphatic heterocycles. The first-order chi connectivity index (χ1) is 9.45. The van der Waals surface area contributed by atoms with Crippen LogP contribution in [0.5, 0.6) is 0 Å². The molecule has 1 heterocycles. The molecule has 0 spiro atoms. The second-order valence-corrected chi connectivity index (χ2v) is 7.12. The molecular formula is C18H34N2. The summed E-state index contributed by atoms with van der Waals surface area (Å²) in [5, 5.41) is 0. The van der Waals surface area contributed by atoms with Crippen molar-refractivity contribution in [2.24, 2.45) is 0 Å². The van der Waals surface area contributed by atoms with E-state index >= 15 is 0 Å². The summed E-state index contributed by atoms with van der Waals surface area (Å²) in [6, 6.07) is 0.745. The molecule has 2 heteroatoms. The van der Waals surface area contributed by atoms with Crippen LogP contribution >= 0.6 is 0 Å². The smallest absolute Gasteiger partial charge is 0.0237 e. The molecule has 0 amide bonds. The molecule has 1 aliphatic rings. The van der Waals surface area contributed by atoms with Gasteiger partial charge in [-0.1, -0.05) is 12.8 Å². The minimum Gasteiger partial charge on any atom is -0.302 e. The normalized spacial score (nSPS) is 20.2. The Kier molecular flexibility index (Phi) is 7.62. The van der Waals surface area contributed by atoms with Crippen LogP contribution in [0.1, 0.15) is 66.2 Å². The Morgan fingerprint density at radius 2 is 1.85 bits per heavy atom. The average molecular weight is 278 g/mol. The first-order valence-corrected chi connectivity index (χ1v) is 8.30. The van der Waals surface area contributed by atoms with E-state index in [0.29, 0.717) is 5.54 Å². The van der Waals surface area contributed by atoms with Crippen molar-refractivity contribution in [3.63, 3.8) is 0 Å². The van der Waals surface area contributed by atoms with E-state index < -0.39 is 0 Å². The quantitative estimate of drug-likeness (QED) is 0.517. The summed E-state index contributed by atoms with van der Waals surface area (Å²) in [6.07, 6.45) is 7.75. The topological polar surface area (TPSA) is 6.48 Å². The standard InChI is InChI=1S/C18H34N2/c1-6-7-8-9-10-11-12-14-20-15-13-17(16-20)19(5)18(2,3)4/h17H,8-16H2,1-5H3. The van der Waals surface area contributed by atoms with Crippen LogP contribution in [0.15, 0.2) is 0 Å². The Balaban J connectivity index is 2.10. The van der Waals surface area contributed by atoms with Crippen molar-refractivity contribution in [3.05, 3.63) is 0 Å². The number of likely N-dealkylation sites (N-methyl/N-ethyl adjacent to an activating group) is 1. The Morgan fingerprint density at radius 1 is 1.15 bits per heavy atom. The molecule has 1 atom stereocenters. The van der Waals surface area contributed by atoms with Crippen molar-refractivity contribution in [2.75, 3.05) is 26.7 Å². The van der Waals surface area contributed by atoms with Crippen LogP contribution in [-0.4, -0.2) is 48.1 Å². The van der Waals surface area contributed by atoms with E-state index in [1.54, 1.807) is 0 Å². The molecule has 116 valence electrons. The van der Waals surface area contributed by atoms with Crippen molar-refractivity contribution in [2.45, 2.75) is 77.8 Å². The zero-order valence-corrected chi connectivity index (χ0v) is 14.3. The lowest BCUT2D eigenvalue weighted by atomic mass is 10.0. The summed E-state index contributed by atoms with van der Waals surface area (Å²) >= 11 is 0. The van der Waals surface area contributed by atoms with Crippen LogP contribution in [0.3, 0.4) is 0 Å². The highest BCUT2D eigenvalue weighted by molar-refractivity contribution is 4.94. The van der Waals surface area contributed by atoms with Gasteiger partial charge < -0.3 is 4.90 Å². The number of hydrogen-bond donors (Lipinski definition) is 0. The maximum Gasteiger partial charge on any atom is 0.0237 e. The molecule has 0 aromatic heterocycles.